The van der Waals surface area contributed by atoms with E-state index in [0.29, 0.717) is 19.4 Å². The molecule has 0 unspecified atom stereocenters. The molecule has 20 heavy (non-hydrogen) atoms. The molecular weight excluding hydrogens is 250 g/mol. The zero-order valence-corrected chi connectivity index (χ0v) is 11.7. The molecule has 2 rings (SSSR count). The predicted octanol–water partition coefficient (Wildman–Crippen LogP) is 2.57. The summed E-state index contributed by atoms with van der Waals surface area (Å²) in [6.45, 7) is 4.25. The Morgan fingerprint density at radius 1 is 1.40 bits per heavy atom. The number of nitrogens with zero attached hydrogens (tertiary/aromatic N) is 3. The number of benzene rings is 1. The highest BCUT2D eigenvalue weighted by atomic mass is 16.2. The first-order valence-corrected chi connectivity index (χ1v) is 6.64. The zero-order valence-electron chi connectivity index (χ0n) is 11.7. The molecule has 0 radical (unpaired) electrons. The van der Waals surface area contributed by atoms with Crippen molar-refractivity contribution in [3.63, 3.8) is 0 Å². The number of anilines is 1. The van der Waals surface area contributed by atoms with Crippen LogP contribution in [0.5, 0.6) is 0 Å². The average Bonchev–Trinajstić information content (AvgIpc) is 2.89. The molecule has 104 valence electrons. The summed E-state index contributed by atoms with van der Waals surface area (Å²) in [5.74, 6) is 0.0972. The minimum Gasteiger partial charge on any atom is -0.309 e. The number of carbonyl (C=O) groups excluding carboxylic acids is 1. The van der Waals surface area contributed by atoms with Gasteiger partial charge in [-0.1, -0.05) is 24.3 Å². The van der Waals surface area contributed by atoms with Crippen molar-refractivity contribution in [1.82, 2.24) is 9.78 Å². The lowest BCUT2D eigenvalue weighted by Crippen LogP contribution is -2.31. The van der Waals surface area contributed by atoms with Gasteiger partial charge in [-0.05, 0) is 24.1 Å². The second kappa shape index (κ2) is 6.70. The van der Waals surface area contributed by atoms with Crippen LogP contribution in [-0.4, -0.2) is 22.2 Å². The number of carbonyl (C=O) groups is 1. The van der Waals surface area contributed by atoms with E-state index < -0.39 is 0 Å². The minimum atomic E-state index is 0.0972. The fourth-order valence-electron chi connectivity index (χ4n) is 2.08. The van der Waals surface area contributed by atoms with Crippen LogP contribution >= 0.6 is 0 Å². The van der Waals surface area contributed by atoms with Gasteiger partial charge in [-0.2, -0.15) is 5.10 Å². The van der Waals surface area contributed by atoms with E-state index in [9.17, 15) is 4.79 Å². The highest BCUT2D eigenvalue weighted by molar-refractivity contribution is 5.93. The number of hydrogen-bond donors (Lipinski definition) is 0. The lowest BCUT2D eigenvalue weighted by Gasteiger charge is -2.21. The van der Waals surface area contributed by atoms with Crippen molar-refractivity contribution in [2.45, 2.75) is 12.8 Å². The summed E-state index contributed by atoms with van der Waals surface area (Å²) < 4.78 is 1.75. The van der Waals surface area contributed by atoms with Crippen LogP contribution in [0.1, 0.15) is 12.0 Å². The number of amides is 1. The average molecular weight is 269 g/mol. The van der Waals surface area contributed by atoms with E-state index in [1.807, 2.05) is 43.6 Å². The third kappa shape index (κ3) is 3.57. The van der Waals surface area contributed by atoms with Crippen molar-refractivity contribution >= 4 is 11.6 Å². The van der Waals surface area contributed by atoms with Gasteiger partial charge >= 0.3 is 0 Å². The van der Waals surface area contributed by atoms with Gasteiger partial charge in [0.15, 0.2) is 0 Å². The van der Waals surface area contributed by atoms with Crippen LogP contribution in [0.25, 0.3) is 0 Å². The fraction of sp³-hybridized carbons (Fsp3) is 0.250. The molecule has 0 aliphatic heterocycles. The second-order valence-electron chi connectivity index (χ2n) is 4.65. The molecule has 4 nitrogen and oxygen atoms in total. The molecule has 0 N–H and O–H groups in total. The Hall–Kier alpha value is -2.36. The van der Waals surface area contributed by atoms with E-state index in [-0.39, 0.29) is 5.91 Å². The topological polar surface area (TPSA) is 38.1 Å². The molecule has 1 aromatic carbocycles. The van der Waals surface area contributed by atoms with Crippen molar-refractivity contribution in [3.8, 4) is 0 Å². The summed E-state index contributed by atoms with van der Waals surface area (Å²) in [5.41, 5.74) is 1.98. The van der Waals surface area contributed by atoms with E-state index in [0.717, 1.165) is 11.3 Å². The highest BCUT2D eigenvalue weighted by Crippen LogP contribution is 2.15. The van der Waals surface area contributed by atoms with Crippen molar-refractivity contribution in [2.24, 2.45) is 7.05 Å². The van der Waals surface area contributed by atoms with Crippen LogP contribution < -0.4 is 4.90 Å². The SMILES string of the molecule is C=CCN(C(=O)CCc1cnn(C)c1)c1ccccc1. The van der Waals surface area contributed by atoms with Crippen molar-refractivity contribution < 1.29 is 4.79 Å². The molecule has 0 aliphatic rings. The van der Waals surface area contributed by atoms with Gasteiger partial charge in [0.1, 0.15) is 0 Å². The Labute approximate surface area is 119 Å². The lowest BCUT2D eigenvalue weighted by molar-refractivity contribution is -0.118. The maximum absolute atomic E-state index is 12.4. The van der Waals surface area contributed by atoms with Gasteiger partial charge in [-0.3, -0.25) is 9.48 Å². The molecule has 0 saturated carbocycles. The van der Waals surface area contributed by atoms with Gasteiger partial charge in [0.2, 0.25) is 5.91 Å². The monoisotopic (exact) mass is 269 g/mol. The van der Waals surface area contributed by atoms with E-state index >= 15 is 0 Å². The molecule has 1 heterocycles. The van der Waals surface area contributed by atoms with Gasteiger partial charge in [-0.25, -0.2) is 0 Å². The predicted molar refractivity (Wildman–Crippen MR) is 80.5 cm³/mol. The van der Waals surface area contributed by atoms with Crippen LogP contribution in [0.15, 0.2) is 55.4 Å². The van der Waals surface area contributed by atoms with Crippen LogP contribution in [0.2, 0.25) is 0 Å². The second-order valence-corrected chi connectivity index (χ2v) is 4.65. The number of para-hydroxylation sites is 1. The summed E-state index contributed by atoms with van der Waals surface area (Å²) in [6, 6.07) is 9.67. The Balaban J connectivity index is 2.02. The first kappa shape index (κ1) is 14.1. The maximum Gasteiger partial charge on any atom is 0.227 e. The minimum absolute atomic E-state index is 0.0972. The summed E-state index contributed by atoms with van der Waals surface area (Å²) >= 11 is 0. The third-order valence-corrected chi connectivity index (χ3v) is 3.07. The van der Waals surface area contributed by atoms with Gasteiger partial charge in [0, 0.05) is 31.9 Å². The van der Waals surface area contributed by atoms with E-state index in [2.05, 4.69) is 11.7 Å². The lowest BCUT2D eigenvalue weighted by atomic mass is 10.1. The summed E-state index contributed by atoms with van der Waals surface area (Å²) in [4.78, 5) is 14.1. The Morgan fingerprint density at radius 3 is 2.75 bits per heavy atom. The number of aromatic nitrogens is 2. The van der Waals surface area contributed by atoms with Gasteiger partial charge in [0.05, 0.1) is 6.20 Å². The van der Waals surface area contributed by atoms with Crippen LogP contribution in [0.3, 0.4) is 0 Å². The first-order chi connectivity index (χ1) is 9.70. The molecule has 0 spiro atoms. The Morgan fingerprint density at radius 2 is 2.15 bits per heavy atom. The van der Waals surface area contributed by atoms with E-state index in [1.54, 1.807) is 21.9 Å². The molecule has 1 amide bonds. The van der Waals surface area contributed by atoms with Gasteiger partial charge in [-0.15, -0.1) is 6.58 Å². The summed E-state index contributed by atoms with van der Waals surface area (Å²) in [7, 11) is 1.87. The molecule has 2 aromatic rings. The Kier molecular flexibility index (Phi) is 4.71. The third-order valence-electron chi connectivity index (χ3n) is 3.07. The van der Waals surface area contributed by atoms with Crippen LogP contribution in [-0.2, 0) is 18.3 Å². The van der Waals surface area contributed by atoms with E-state index in [1.165, 1.54) is 0 Å². The van der Waals surface area contributed by atoms with Crippen molar-refractivity contribution in [3.05, 3.63) is 60.9 Å². The van der Waals surface area contributed by atoms with Crippen LogP contribution in [0.4, 0.5) is 5.69 Å². The maximum atomic E-state index is 12.4. The molecule has 0 aliphatic carbocycles. The quantitative estimate of drug-likeness (QED) is 0.756. The van der Waals surface area contributed by atoms with Crippen molar-refractivity contribution in [1.29, 1.82) is 0 Å². The number of aryl methyl sites for hydroxylation is 2. The molecule has 0 atom stereocenters. The standard InChI is InChI=1S/C16H19N3O/c1-3-11-19(15-7-5-4-6-8-15)16(20)10-9-14-12-17-18(2)13-14/h3-8,12-13H,1,9-11H2,2H3. The summed E-state index contributed by atoms with van der Waals surface area (Å²) in [6.07, 6.45) is 6.65. The highest BCUT2D eigenvalue weighted by Gasteiger charge is 2.14. The number of hydrogen-bond acceptors (Lipinski definition) is 2. The van der Waals surface area contributed by atoms with Crippen molar-refractivity contribution in [2.75, 3.05) is 11.4 Å². The van der Waals surface area contributed by atoms with Gasteiger partial charge < -0.3 is 4.90 Å². The Bertz CT molecular complexity index is 574. The smallest absolute Gasteiger partial charge is 0.227 e. The first-order valence-electron chi connectivity index (χ1n) is 6.64. The summed E-state index contributed by atoms with van der Waals surface area (Å²) in [5, 5.41) is 4.11. The fourth-order valence-corrected chi connectivity index (χ4v) is 2.08. The number of rotatable bonds is 6. The molecule has 0 saturated heterocycles. The molecule has 0 bridgehead atoms. The largest absolute Gasteiger partial charge is 0.309 e. The normalized spacial score (nSPS) is 10.2. The molecule has 4 heteroatoms. The molecule has 1 aromatic heterocycles. The van der Waals surface area contributed by atoms with Gasteiger partial charge in [0.25, 0.3) is 0 Å². The molecular formula is C16H19N3O. The molecule has 0 fully saturated rings. The van der Waals surface area contributed by atoms with E-state index in [4.69, 9.17) is 0 Å². The zero-order chi connectivity index (χ0) is 14.4. The van der Waals surface area contributed by atoms with Crippen LogP contribution in [0, 0.1) is 0 Å².